The van der Waals surface area contributed by atoms with Gasteiger partial charge in [-0.15, -0.1) is 0 Å². The average Bonchev–Trinajstić information content (AvgIpc) is 2.78. The van der Waals surface area contributed by atoms with Crippen LogP contribution in [0.4, 0.5) is 26.3 Å². The van der Waals surface area contributed by atoms with E-state index in [2.05, 4.69) is 0 Å². The fourth-order valence-corrected chi connectivity index (χ4v) is 3.44. The molecule has 0 aliphatic carbocycles. The molecule has 4 aromatic rings. The van der Waals surface area contributed by atoms with Crippen LogP contribution in [0.15, 0.2) is 72.8 Å². The van der Waals surface area contributed by atoms with E-state index in [4.69, 9.17) is 0 Å². The number of hydrogen-bond donors (Lipinski definition) is 0. The molecule has 0 unspecified atom stereocenters. The standard InChI is InChI=1S/C25H12F6O/c26-18-11-22(30)20(28)9-16(18)14-7-4-8-15(25(32)13-5-2-1-3-6-13)24(14)17-10-21(29)23(31)12-19(17)27/h1-12H. The van der Waals surface area contributed by atoms with Gasteiger partial charge in [0, 0.05) is 39.9 Å². The van der Waals surface area contributed by atoms with Crippen molar-refractivity contribution in [3.63, 3.8) is 0 Å². The van der Waals surface area contributed by atoms with Crippen molar-refractivity contribution in [2.75, 3.05) is 0 Å². The molecule has 0 aliphatic rings. The number of hydrogen-bond acceptors (Lipinski definition) is 1. The maximum absolute atomic E-state index is 14.8. The molecule has 0 aliphatic heterocycles. The molecule has 0 heterocycles. The van der Waals surface area contributed by atoms with Crippen LogP contribution in [0.5, 0.6) is 0 Å². The minimum atomic E-state index is -1.46. The van der Waals surface area contributed by atoms with Gasteiger partial charge in [0.1, 0.15) is 11.6 Å². The Morgan fingerprint density at radius 3 is 1.66 bits per heavy atom. The zero-order valence-corrected chi connectivity index (χ0v) is 16.1. The third-order valence-electron chi connectivity index (χ3n) is 4.92. The van der Waals surface area contributed by atoms with Crippen LogP contribution < -0.4 is 0 Å². The molecule has 160 valence electrons. The van der Waals surface area contributed by atoms with Gasteiger partial charge >= 0.3 is 0 Å². The second kappa shape index (κ2) is 8.34. The SMILES string of the molecule is O=C(c1ccccc1)c1cccc(-c2cc(F)c(F)cc2F)c1-c1cc(F)c(F)cc1F. The molecule has 0 radical (unpaired) electrons. The molecule has 0 bridgehead atoms. The van der Waals surface area contributed by atoms with Crippen LogP contribution in [-0.2, 0) is 0 Å². The van der Waals surface area contributed by atoms with Gasteiger partial charge in [0.25, 0.3) is 0 Å². The van der Waals surface area contributed by atoms with Crippen molar-refractivity contribution < 1.29 is 31.1 Å². The summed E-state index contributed by atoms with van der Waals surface area (Å²) in [5.74, 6) is -8.70. The van der Waals surface area contributed by atoms with E-state index in [9.17, 15) is 31.1 Å². The van der Waals surface area contributed by atoms with Gasteiger partial charge in [-0.2, -0.15) is 0 Å². The minimum Gasteiger partial charge on any atom is -0.289 e. The van der Waals surface area contributed by atoms with Gasteiger partial charge in [0.05, 0.1) is 0 Å². The van der Waals surface area contributed by atoms with E-state index in [0.717, 1.165) is 0 Å². The number of benzene rings is 4. The molecule has 32 heavy (non-hydrogen) atoms. The Morgan fingerprint density at radius 2 is 1.03 bits per heavy atom. The molecular formula is C25H12F6O. The Bertz CT molecular complexity index is 1350. The van der Waals surface area contributed by atoms with Gasteiger partial charge in [-0.05, 0) is 17.7 Å². The Kier molecular flexibility index (Phi) is 5.57. The lowest BCUT2D eigenvalue weighted by molar-refractivity contribution is 0.103. The summed E-state index contributed by atoms with van der Waals surface area (Å²) in [5, 5.41) is 0. The Morgan fingerprint density at radius 1 is 0.500 bits per heavy atom. The molecule has 0 fully saturated rings. The molecular weight excluding hydrogens is 430 g/mol. The van der Waals surface area contributed by atoms with Crippen LogP contribution in [-0.4, -0.2) is 5.78 Å². The Hall–Kier alpha value is -3.87. The van der Waals surface area contributed by atoms with Gasteiger partial charge in [-0.3, -0.25) is 4.79 Å². The maximum Gasteiger partial charge on any atom is 0.193 e. The molecule has 0 saturated carbocycles. The Balaban J connectivity index is 2.08. The molecule has 0 aromatic heterocycles. The lowest BCUT2D eigenvalue weighted by Crippen LogP contribution is -2.06. The summed E-state index contributed by atoms with van der Waals surface area (Å²) < 4.78 is 84.3. The van der Waals surface area contributed by atoms with E-state index < -0.39 is 51.8 Å². The summed E-state index contributed by atoms with van der Waals surface area (Å²) in [6.07, 6.45) is 0. The van der Waals surface area contributed by atoms with Crippen molar-refractivity contribution in [3.05, 3.63) is 119 Å². The lowest BCUT2D eigenvalue weighted by atomic mass is 9.87. The molecule has 7 heteroatoms. The first kappa shape index (κ1) is 21.4. The molecule has 0 N–H and O–H groups in total. The third-order valence-corrected chi connectivity index (χ3v) is 4.92. The highest BCUT2D eigenvalue weighted by Gasteiger charge is 2.24. The van der Waals surface area contributed by atoms with Gasteiger partial charge < -0.3 is 0 Å². The third kappa shape index (κ3) is 3.77. The van der Waals surface area contributed by atoms with Crippen molar-refractivity contribution in [3.8, 4) is 22.3 Å². The lowest BCUT2D eigenvalue weighted by Gasteiger charge is -2.17. The van der Waals surface area contributed by atoms with Crippen LogP contribution in [0.1, 0.15) is 15.9 Å². The molecule has 1 nitrogen and oxygen atoms in total. The van der Waals surface area contributed by atoms with Crippen molar-refractivity contribution in [2.45, 2.75) is 0 Å². The first-order chi connectivity index (χ1) is 15.3. The number of halogens is 6. The second-order valence-corrected chi connectivity index (χ2v) is 6.92. The van der Waals surface area contributed by atoms with Gasteiger partial charge in [-0.1, -0.05) is 48.5 Å². The van der Waals surface area contributed by atoms with Crippen LogP contribution >= 0.6 is 0 Å². The first-order valence-electron chi connectivity index (χ1n) is 9.30. The first-order valence-corrected chi connectivity index (χ1v) is 9.30. The molecule has 4 aromatic carbocycles. The van der Waals surface area contributed by atoms with E-state index >= 15 is 0 Å². The van der Waals surface area contributed by atoms with Crippen molar-refractivity contribution >= 4 is 5.78 Å². The van der Waals surface area contributed by atoms with E-state index in [1.807, 2.05) is 0 Å². The normalized spacial score (nSPS) is 10.9. The number of ketones is 1. The molecule has 0 atom stereocenters. The molecule has 0 spiro atoms. The van der Waals surface area contributed by atoms with Crippen LogP contribution in [0.25, 0.3) is 22.3 Å². The molecule has 0 amide bonds. The summed E-state index contributed by atoms with van der Waals surface area (Å²) in [7, 11) is 0. The predicted molar refractivity (Wildman–Crippen MR) is 107 cm³/mol. The molecule has 4 rings (SSSR count). The van der Waals surface area contributed by atoms with Crippen LogP contribution in [0.2, 0.25) is 0 Å². The fourth-order valence-electron chi connectivity index (χ4n) is 3.44. The number of carbonyl (C=O) groups is 1. The van der Waals surface area contributed by atoms with Gasteiger partial charge in [-0.25, -0.2) is 26.3 Å². The topological polar surface area (TPSA) is 17.1 Å². The smallest absolute Gasteiger partial charge is 0.193 e. The monoisotopic (exact) mass is 442 g/mol. The van der Waals surface area contributed by atoms with Gasteiger partial charge in [0.15, 0.2) is 29.1 Å². The summed E-state index contributed by atoms with van der Waals surface area (Å²) in [6.45, 7) is 0. The van der Waals surface area contributed by atoms with E-state index in [-0.39, 0.29) is 22.3 Å². The average molecular weight is 442 g/mol. The molecule has 0 saturated heterocycles. The van der Waals surface area contributed by atoms with Crippen LogP contribution in [0.3, 0.4) is 0 Å². The van der Waals surface area contributed by atoms with E-state index in [0.29, 0.717) is 24.3 Å². The van der Waals surface area contributed by atoms with Crippen molar-refractivity contribution in [1.29, 1.82) is 0 Å². The summed E-state index contributed by atoms with van der Waals surface area (Å²) in [5.41, 5.74) is -1.48. The van der Waals surface area contributed by atoms with Crippen LogP contribution in [0, 0.1) is 34.9 Å². The highest BCUT2D eigenvalue weighted by atomic mass is 19.2. The van der Waals surface area contributed by atoms with E-state index in [1.54, 1.807) is 18.2 Å². The maximum atomic E-state index is 14.8. The second-order valence-electron chi connectivity index (χ2n) is 6.92. The summed E-state index contributed by atoms with van der Waals surface area (Å²) in [6, 6.07) is 13.4. The minimum absolute atomic E-state index is 0.164. The largest absolute Gasteiger partial charge is 0.289 e. The van der Waals surface area contributed by atoms with Crippen molar-refractivity contribution in [1.82, 2.24) is 0 Å². The number of carbonyl (C=O) groups excluding carboxylic acids is 1. The zero-order chi connectivity index (χ0) is 23.0. The Labute approximate surface area is 178 Å². The summed E-state index contributed by atoms with van der Waals surface area (Å²) >= 11 is 0. The number of rotatable bonds is 4. The summed E-state index contributed by atoms with van der Waals surface area (Å²) in [4.78, 5) is 13.2. The van der Waals surface area contributed by atoms with E-state index in [1.165, 1.54) is 30.3 Å². The van der Waals surface area contributed by atoms with Crippen molar-refractivity contribution in [2.24, 2.45) is 0 Å². The fraction of sp³-hybridized carbons (Fsp3) is 0. The zero-order valence-electron chi connectivity index (χ0n) is 16.1. The highest BCUT2D eigenvalue weighted by Crippen LogP contribution is 2.39. The quantitative estimate of drug-likeness (QED) is 0.187. The highest BCUT2D eigenvalue weighted by molar-refractivity contribution is 6.14. The predicted octanol–water partition coefficient (Wildman–Crippen LogP) is 7.09. The van der Waals surface area contributed by atoms with Gasteiger partial charge in [0.2, 0.25) is 0 Å².